The van der Waals surface area contributed by atoms with E-state index in [1.807, 2.05) is 25.9 Å². The number of aliphatic carboxylic acids is 1. The number of benzene rings is 2. The molecule has 0 saturated heterocycles. The third-order valence-corrected chi connectivity index (χ3v) is 7.56. The number of unbranched alkanes of at least 4 members (excludes halogenated alkanes) is 1. The summed E-state index contributed by atoms with van der Waals surface area (Å²) in [5, 5.41) is 18.9. The largest absolute Gasteiger partial charge is 0.494 e. The molecule has 0 saturated carbocycles. The van der Waals surface area contributed by atoms with Crippen molar-refractivity contribution in [3.63, 3.8) is 0 Å². The third-order valence-electron chi connectivity index (χ3n) is 7.56. The SMILES string of the molecule is CCCOc1ccc(-c2cc(C(CCCCN(C)C)(C(=O)O)n3cc4nc(-c5cccc(F)c5F)nc-4cn3)on2)c(C(F)(F)F)c1.Cl.Cl. The summed E-state index contributed by atoms with van der Waals surface area (Å²) >= 11 is 0. The number of ether oxygens (including phenoxy) is 1. The molecular formula is C32H33Cl2F5N6O4. The standard InChI is InChI=1S/C32H31F5N6O4.2ClH/c1-4-14-46-19-10-11-20(22(15-19)32(35,36)37)24-16-27(47-41-24)31(30(44)45,12-5-6-13-42(2)3)43-18-26-25(17-38-43)39-29(40-26)21-8-7-9-23(33)28(21)34;;/h7-11,15-18H,4-6,12-14H2,1-3H3,(H,44,45);2*1H. The van der Waals surface area contributed by atoms with Gasteiger partial charge in [-0.15, -0.1) is 24.8 Å². The molecule has 1 unspecified atom stereocenters. The molecule has 2 aromatic carbocycles. The van der Waals surface area contributed by atoms with Gasteiger partial charge in [-0.1, -0.05) is 18.1 Å². The third kappa shape index (κ3) is 8.11. The Labute approximate surface area is 290 Å². The van der Waals surface area contributed by atoms with Gasteiger partial charge in [-0.25, -0.2) is 28.2 Å². The van der Waals surface area contributed by atoms with Crippen LogP contribution in [0.15, 0.2) is 59.4 Å². The van der Waals surface area contributed by atoms with Gasteiger partial charge in [0.15, 0.2) is 23.2 Å². The van der Waals surface area contributed by atoms with Crippen LogP contribution in [0.25, 0.3) is 34.0 Å². The van der Waals surface area contributed by atoms with E-state index in [9.17, 15) is 31.9 Å². The van der Waals surface area contributed by atoms with Crippen molar-refractivity contribution in [1.82, 2.24) is 29.8 Å². The molecule has 264 valence electrons. The van der Waals surface area contributed by atoms with Crippen LogP contribution in [-0.4, -0.2) is 68.1 Å². The molecule has 3 heterocycles. The first kappa shape index (κ1) is 39.1. The van der Waals surface area contributed by atoms with Crippen molar-refractivity contribution in [2.24, 2.45) is 0 Å². The van der Waals surface area contributed by atoms with E-state index in [1.54, 1.807) is 0 Å². The summed E-state index contributed by atoms with van der Waals surface area (Å²) < 4.78 is 82.9. The van der Waals surface area contributed by atoms with Crippen LogP contribution in [0.5, 0.6) is 5.75 Å². The number of carboxylic acids is 1. The number of carboxylic acid groups (broad SMARTS) is 1. The summed E-state index contributed by atoms with van der Waals surface area (Å²) in [6.07, 6.45) is -0.880. The number of rotatable bonds is 13. The van der Waals surface area contributed by atoms with Crippen molar-refractivity contribution in [1.29, 1.82) is 0 Å². The van der Waals surface area contributed by atoms with Crippen LogP contribution in [0.4, 0.5) is 22.0 Å². The number of aromatic nitrogens is 5. The normalized spacial score (nSPS) is 12.8. The molecule has 1 atom stereocenters. The average molecular weight is 732 g/mol. The van der Waals surface area contributed by atoms with Gasteiger partial charge in [0.05, 0.1) is 30.1 Å². The number of imidazole rings is 1. The van der Waals surface area contributed by atoms with Crippen molar-refractivity contribution in [2.45, 2.75) is 44.3 Å². The number of nitrogens with zero attached hydrogens (tertiary/aromatic N) is 6. The van der Waals surface area contributed by atoms with Gasteiger partial charge >= 0.3 is 12.1 Å². The van der Waals surface area contributed by atoms with Gasteiger partial charge in [-0.05, 0) is 76.7 Å². The Morgan fingerprint density at radius 1 is 1.00 bits per heavy atom. The molecule has 0 aliphatic carbocycles. The van der Waals surface area contributed by atoms with Gasteiger partial charge in [-0.3, -0.25) is 0 Å². The number of carbonyl (C=O) groups is 1. The van der Waals surface area contributed by atoms with Crippen LogP contribution >= 0.6 is 24.8 Å². The van der Waals surface area contributed by atoms with E-state index in [2.05, 4.69) is 20.2 Å². The maximum atomic E-state index is 14.5. The molecule has 10 nitrogen and oxygen atoms in total. The van der Waals surface area contributed by atoms with E-state index in [0.717, 1.165) is 22.9 Å². The fraction of sp³-hybridized carbons (Fsp3) is 0.344. The number of hydrogen-bond donors (Lipinski definition) is 1. The zero-order valence-electron chi connectivity index (χ0n) is 26.5. The Hall–Kier alpha value is -4.34. The first-order chi connectivity index (χ1) is 22.3. The Morgan fingerprint density at radius 2 is 1.73 bits per heavy atom. The van der Waals surface area contributed by atoms with E-state index in [1.165, 1.54) is 36.7 Å². The summed E-state index contributed by atoms with van der Waals surface area (Å²) in [7, 11) is 3.72. The molecule has 3 aromatic rings. The minimum Gasteiger partial charge on any atom is -0.494 e. The van der Waals surface area contributed by atoms with Crippen LogP contribution in [-0.2, 0) is 16.5 Å². The molecule has 0 fully saturated rings. The van der Waals surface area contributed by atoms with Crippen molar-refractivity contribution in [2.75, 3.05) is 27.2 Å². The lowest BCUT2D eigenvalue weighted by Crippen LogP contribution is -2.44. The highest BCUT2D eigenvalue weighted by Crippen LogP contribution is 2.41. The van der Waals surface area contributed by atoms with Gasteiger partial charge in [0.25, 0.3) is 0 Å². The lowest BCUT2D eigenvalue weighted by Gasteiger charge is -2.29. The number of hydrogen-bond acceptors (Lipinski definition) is 8. The summed E-state index contributed by atoms with van der Waals surface area (Å²) in [6, 6.07) is 8.13. The minimum absolute atomic E-state index is 0. The lowest BCUT2D eigenvalue weighted by atomic mass is 9.88. The smallest absolute Gasteiger partial charge is 0.417 e. The maximum absolute atomic E-state index is 14.5. The van der Waals surface area contributed by atoms with E-state index in [4.69, 9.17) is 9.26 Å². The molecule has 17 heteroatoms. The molecule has 0 amide bonds. The van der Waals surface area contributed by atoms with Crippen molar-refractivity contribution < 1.29 is 41.1 Å². The summed E-state index contributed by atoms with van der Waals surface area (Å²) in [5.41, 5.74) is -3.61. The van der Waals surface area contributed by atoms with Gasteiger partial charge in [-0.2, -0.15) is 18.3 Å². The first-order valence-electron chi connectivity index (χ1n) is 14.7. The Morgan fingerprint density at radius 3 is 2.41 bits per heavy atom. The highest BCUT2D eigenvalue weighted by atomic mass is 35.5. The van der Waals surface area contributed by atoms with Crippen LogP contribution in [0.2, 0.25) is 0 Å². The van der Waals surface area contributed by atoms with Crippen LogP contribution in [0.1, 0.15) is 43.9 Å². The molecule has 1 N–H and O–H groups in total. The van der Waals surface area contributed by atoms with Crippen molar-refractivity contribution in [3.05, 3.63) is 77.8 Å². The molecular weight excluding hydrogens is 698 g/mol. The topological polar surface area (TPSA) is 119 Å². The number of alkyl halides is 3. The van der Waals surface area contributed by atoms with E-state index >= 15 is 0 Å². The van der Waals surface area contributed by atoms with Crippen molar-refractivity contribution in [3.8, 4) is 39.8 Å². The molecule has 0 radical (unpaired) electrons. The minimum atomic E-state index is -4.78. The Balaban J connectivity index is 0.00000325. The molecule has 5 rings (SSSR count). The highest BCUT2D eigenvalue weighted by molar-refractivity contribution is 5.85. The lowest BCUT2D eigenvalue weighted by molar-refractivity contribution is -0.147. The molecule has 1 aromatic heterocycles. The predicted octanol–water partition coefficient (Wildman–Crippen LogP) is 7.59. The molecule has 2 aliphatic heterocycles. The predicted molar refractivity (Wildman–Crippen MR) is 174 cm³/mol. The number of fused-ring (bicyclic) bond motifs is 1. The molecule has 49 heavy (non-hydrogen) atoms. The fourth-order valence-electron chi connectivity index (χ4n) is 5.19. The second-order valence-corrected chi connectivity index (χ2v) is 11.2. The second kappa shape index (κ2) is 15.9. The monoisotopic (exact) mass is 730 g/mol. The average Bonchev–Trinajstić information content (AvgIpc) is 3.68. The van der Waals surface area contributed by atoms with E-state index < -0.39 is 34.9 Å². The summed E-state index contributed by atoms with van der Waals surface area (Å²) in [5.74, 6) is -4.06. The summed E-state index contributed by atoms with van der Waals surface area (Å²) in [6.45, 7) is 2.68. The maximum Gasteiger partial charge on any atom is 0.417 e. The van der Waals surface area contributed by atoms with Gasteiger partial charge < -0.3 is 19.3 Å². The first-order valence-corrected chi connectivity index (χ1v) is 14.7. The quantitative estimate of drug-likeness (QED) is 0.0965. The molecule has 0 bridgehead atoms. The van der Waals surface area contributed by atoms with Gasteiger partial charge in [0, 0.05) is 11.6 Å². The van der Waals surface area contributed by atoms with E-state index in [-0.39, 0.29) is 83.4 Å². The van der Waals surface area contributed by atoms with Crippen LogP contribution in [0.3, 0.4) is 0 Å². The highest BCUT2D eigenvalue weighted by Gasteiger charge is 2.47. The van der Waals surface area contributed by atoms with Crippen LogP contribution in [0, 0.1) is 11.6 Å². The van der Waals surface area contributed by atoms with E-state index in [0.29, 0.717) is 25.8 Å². The summed E-state index contributed by atoms with van der Waals surface area (Å²) in [4.78, 5) is 23.7. The van der Waals surface area contributed by atoms with Crippen LogP contribution < -0.4 is 4.74 Å². The zero-order valence-corrected chi connectivity index (χ0v) is 28.1. The fourth-order valence-corrected chi connectivity index (χ4v) is 5.19. The van der Waals surface area contributed by atoms with Gasteiger partial charge in [0.1, 0.15) is 22.8 Å². The van der Waals surface area contributed by atoms with Gasteiger partial charge in [0.2, 0.25) is 5.54 Å². The molecule has 2 aliphatic rings. The zero-order chi connectivity index (χ0) is 33.9. The Bertz CT molecular complexity index is 1850. The molecule has 0 spiro atoms. The number of halogens is 7. The second-order valence-electron chi connectivity index (χ2n) is 11.2. The Kier molecular flexibility index (Phi) is 12.7. The van der Waals surface area contributed by atoms with Crippen molar-refractivity contribution >= 4 is 30.8 Å².